The second kappa shape index (κ2) is 3.61. The zero-order valence-corrected chi connectivity index (χ0v) is 7.40. The summed E-state index contributed by atoms with van der Waals surface area (Å²) in [6, 6.07) is 8.25. The lowest BCUT2D eigenvalue weighted by atomic mass is 10.1. The van der Waals surface area contributed by atoms with Crippen LogP contribution < -0.4 is 5.73 Å². The summed E-state index contributed by atoms with van der Waals surface area (Å²) in [5.41, 5.74) is 7.85. The van der Waals surface area contributed by atoms with Gasteiger partial charge in [-0.05, 0) is 29.1 Å². The van der Waals surface area contributed by atoms with Crippen molar-refractivity contribution in [2.75, 3.05) is 0 Å². The van der Waals surface area contributed by atoms with E-state index >= 15 is 0 Å². The highest BCUT2D eigenvalue weighted by molar-refractivity contribution is 5.85. The molecule has 0 aliphatic carbocycles. The van der Waals surface area contributed by atoms with Crippen molar-refractivity contribution in [3.63, 3.8) is 0 Å². The number of aromatic nitrogens is 1. The van der Waals surface area contributed by atoms with E-state index in [1.807, 2.05) is 12.3 Å². The third-order valence-electron chi connectivity index (χ3n) is 1.85. The number of nitrogens with one attached hydrogen (secondary N) is 1. The molecule has 2 rings (SSSR count). The Morgan fingerprint density at radius 3 is 2.83 bits per heavy atom. The van der Waals surface area contributed by atoms with Crippen LogP contribution in [0.5, 0.6) is 0 Å². The zero-order chi connectivity index (χ0) is 7.68. The van der Waals surface area contributed by atoms with Crippen molar-refractivity contribution in [2.24, 2.45) is 5.73 Å². The van der Waals surface area contributed by atoms with Gasteiger partial charge in [-0.15, -0.1) is 12.4 Å². The molecule has 0 amide bonds. The first-order chi connectivity index (χ1) is 5.40. The summed E-state index contributed by atoms with van der Waals surface area (Å²) in [4.78, 5) is 3.13. The summed E-state index contributed by atoms with van der Waals surface area (Å²) in [6.07, 6.45) is 1.94. The molecule has 2 aromatic rings. The molecule has 2 nitrogen and oxygen atoms in total. The Morgan fingerprint density at radius 2 is 2.08 bits per heavy atom. The highest BCUT2D eigenvalue weighted by atomic mass is 35.5. The van der Waals surface area contributed by atoms with Gasteiger partial charge in [0.2, 0.25) is 0 Å². The van der Waals surface area contributed by atoms with E-state index in [1.54, 1.807) is 0 Å². The van der Waals surface area contributed by atoms with E-state index in [1.165, 1.54) is 16.5 Å². The van der Waals surface area contributed by atoms with Crippen LogP contribution in [0.4, 0.5) is 0 Å². The van der Waals surface area contributed by atoms with Gasteiger partial charge in [0.05, 0.1) is 0 Å². The van der Waals surface area contributed by atoms with Gasteiger partial charge >= 0.3 is 0 Å². The number of aromatic amines is 1. The number of hydrogen-bond donors (Lipinski definition) is 2. The summed E-state index contributed by atoms with van der Waals surface area (Å²) in [5.74, 6) is 0. The minimum atomic E-state index is 0. The van der Waals surface area contributed by atoms with Crippen LogP contribution in [-0.2, 0) is 6.54 Å². The summed E-state index contributed by atoms with van der Waals surface area (Å²) >= 11 is 0. The molecule has 3 heteroatoms. The van der Waals surface area contributed by atoms with Crippen molar-refractivity contribution in [1.29, 1.82) is 0 Å². The van der Waals surface area contributed by atoms with Gasteiger partial charge in [-0.3, -0.25) is 0 Å². The molecule has 64 valence electrons. The quantitative estimate of drug-likeness (QED) is 0.697. The number of H-pyrrole nitrogens is 1. The Hall–Kier alpha value is -0.990. The van der Waals surface area contributed by atoms with Gasteiger partial charge in [-0.2, -0.15) is 0 Å². The maximum atomic E-state index is 5.50. The number of hydrogen-bond acceptors (Lipinski definition) is 1. The van der Waals surface area contributed by atoms with Crippen LogP contribution in [-0.4, -0.2) is 4.98 Å². The third kappa shape index (κ3) is 1.44. The zero-order valence-electron chi connectivity index (χ0n) is 6.58. The first-order valence-corrected chi connectivity index (χ1v) is 3.66. The number of halogens is 1. The lowest BCUT2D eigenvalue weighted by molar-refractivity contribution is 1.08. The Morgan fingerprint density at radius 1 is 1.25 bits per heavy atom. The largest absolute Gasteiger partial charge is 0.361 e. The average molecular weight is 183 g/mol. The molecular weight excluding hydrogens is 172 g/mol. The molecule has 0 bridgehead atoms. The molecule has 1 heterocycles. The highest BCUT2D eigenvalue weighted by Gasteiger charge is 1.93. The van der Waals surface area contributed by atoms with Crippen molar-refractivity contribution in [1.82, 2.24) is 4.98 Å². The van der Waals surface area contributed by atoms with Crippen LogP contribution >= 0.6 is 12.4 Å². The van der Waals surface area contributed by atoms with Crippen molar-refractivity contribution >= 4 is 23.3 Å². The normalized spacial score (nSPS) is 9.75. The standard InChI is InChI=1S/C9H10N2.ClH/c10-6-7-1-2-9-8(5-7)3-4-11-9;/h1-5,11H,6,10H2;1H. The summed E-state index contributed by atoms with van der Waals surface area (Å²) in [6.45, 7) is 0.612. The van der Waals surface area contributed by atoms with E-state index in [-0.39, 0.29) is 12.4 Å². The second-order valence-corrected chi connectivity index (χ2v) is 2.60. The first-order valence-electron chi connectivity index (χ1n) is 3.66. The predicted octanol–water partition coefficient (Wildman–Crippen LogP) is 2.05. The van der Waals surface area contributed by atoms with Crippen LogP contribution in [0.3, 0.4) is 0 Å². The molecule has 0 saturated carbocycles. The molecule has 3 N–H and O–H groups in total. The molecule has 0 radical (unpaired) electrons. The van der Waals surface area contributed by atoms with Gasteiger partial charge in [0.25, 0.3) is 0 Å². The van der Waals surface area contributed by atoms with E-state index in [2.05, 4.69) is 23.2 Å². The van der Waals surface area contributed by atoms with Crippen LogP contribution in [0, 0.1) is 0 Å². The lowest BCUT2D eigenvalue weighted by Crippen LogP contribution is -1.94. The first kappa shape index (κ1) is 9.10. The van der Waals surface area contributed by atoms with E-state index in [0.717, 1.165) is 0 Å². The van der Waals surface area contributed by atoms with E-state index in [9.17, 15) is 0 Å². The molecule has 0 fully saturated rings. The van der Waals surface area contributed by atoms with Crippen molar-refractivity contribution < 1.29 is 0 Å². The summed E-state index contributed by atoms with van der Waals surface area (Å²) in [5, 5.41) is 1.23. The Labute approximate surface area is 77.2 Å². The molecule has 1 aromatic heterocycles. The molecule has 1 aromatic carbocycles. The topological polar surface area (TPSA) is 41.8 Å². The average Bonchev–Trinajstić information content (AvgIpc) is 2.50. The van der Waals surface area contributed by atoms with Crippen LogP contribution in [0.15, 0.2) is 30.5 Å². The lowest BCUT2D eigenvalue weighted by Gasteiger charge is -1.94. The van der Waals surface area contributed by atoms with Gasteiger partial charge in [0.1, 0.15) is 0 Å². The molecule has 0 unspecified atom stereocenters. The number of nitrogens with two attached hydrogens (primary N) is 1. The predicted molar refractivity (Wildman–Crippen MR) is 53.4 cm³/mol. The number of fused-ring (bicyclic) bond motifs is 1. The van der Waals surface area contributed by atoms with Gasteiger partial charge in [-0.25, -0.2) is 0 Å². The molecule has 0 spiro atoms. The van der Waals surface area contributed by atoms with E-state index in [0.29, 0.717) is 6.54 Å². The third-order valence-corrected chi connectivity index (χ3v) is 1.85. The molecule has 12 heavy (non-hydrogen) atoms. The SMILES string of the molecule is Cl.NCc1ccc2[nH]ccc2c1. The maximum Gasteiger partial charge on any atom is 0.0454 e. The fourth-order valence-electron chi connectivity index (χ4n) is 1.23. The maximum absolute atomic E-state index is 5.50. The summed E-state index contributed by atoms with van der Waals surface area (Å²) < 4.78 is 0. The minimum Gasteiger partial charge on any atom is -0.361 e. The van der Waals surface area contributed by atoms with Crippen molar-refractivity contribution in [3.05, 3.63) is 36.0 Å². The minimum absolute atomic E-state index is 0. The smallest absolute Gasteiger partial charge is 0.0454 e. The highest BCUT2D eigenvalue weighted by Crippen LogP contribution is 2.13. The molecule has 0 aliphatic heterocycles. The van der Waals surface area contributed by atoms with Gasteiger partial charge < -0.3 is 10.7 Å². The van der Waals surface area contributed by atoms with Gasteiger partial charge in [0.15, 0.2) is 0 Å². The monoisotopic (exact) mass is 182 g/mol. The van der Waals surface area contributed by atoms with Crippen LogP contribution in [0.25, 0.3) is 10.9 Å². The fourth-order valence-corrected chi connectivity index (χ4v) is 1.23. The van der Waals surface area contributed by atoms with E-state index < -0.39 is 0 Å². The Bertz CT molecular complexity index is 367. The van der Waals surface area contributed by atoms with Crippen molar-refractivity contribution in [3.8, 4) is 0 Å². The number of rotatable bonds is 1. The van der Waals surface area contributed by atoms with Crippen molar-refractivity contribution in [2.45, 2.75) is 6.54 Å². The molecule has 0 saturated heterocycles. The molecule has 0 aliphatic rings. The fraction of sp³-hybridized carbons (Fsp3) is 0.111. The second-order valence-electron chi connectivity index (χ2n) is 2.60. The van der Waals surface area contributed by atoms with Gasteiger partial charge in [-0.1, -0.05) is 6.07 Å². The van der Waals surface area contributed by atoms with Crippen LogP contribution in [0.1, 0.15) is 5.56 Å². The Kier molecular flexibility index (Phi) is 2.74. The van der Waals surface area contributed by atoms with Crippen LogP contribution in [0.2, 0.25) is 0 Å². The summed E-state index contributed by atoms with van der Waals surface area (Å²) in [7, 11) is 0. The number of benzene rings is 1. The Balaban J connectivity index is 0.000000720. The molecule has 0 atom stereocenters. The van der Waals surface area contributed by atoms with E-state index in [4.69, 9.17) is 5.73 Å². The van der Waals surface area contributed by atoms with Gasteiger partial charge in [0, 0.05) is 18.3 Å². The molecular formula is C9H11ClN2.